The van der Waals surface area contributed by atoms with Gasteiger partial charge in [-0.05, 0) is 66.3 Å². The minimum atomic E-state index is -0.366. The molecule has 0 saturated heterocycles. The van der Waals surface area contributed by atoms with E-state index in [1.165, 1.54) is 18.4 Å². The summed E-state index contributed by atoms with van der Waals surface area (Å²) in [5.41, 5.74) is 5.17. The molecule has 0 fully saturated rings. The largest absolute Gasteiger partial charge is 0.423 e. The second-order valence-corrected chi connectivity index (χ2v) is 7.21. The molecule has 0 aliphatic carbocycles. The summed E-state index contributed by atoms with van der Waals surface area (Å²) in [7, 11) is 1.66. The first-order valence-corrected chi connectivity index (χ1v) is 10.1. The maximum Gasteiger partial charge on any atom is 0.343 e. The Balaban J connectivity index is 1.63. The summed E-state index contributed by atoms with van der Waals surface area (Å²) in [4.78, 5) is 12.4. The Hall–Kier alpha value is -2.91. The number of methoxy groups -OCH3 is 1. The van der Waals surface area contributed by atoms with Crippen molar-refractivity contribution < 1.29 is 14.3 Å². The Bertz CT molecular complexity index is 910. The highest BCUT2D eigenvalue weighted by molar-refractivity contribution is 5.91. The van der Waals surface area contributed by atoms with Crippen LogP contribution in [0.25, 0.3) is 11.1 Å². The van der Waals surface area contributed by atoms with Crippen molar-refractivity contribution in [3.05, 3.63) is 89.5 Å². The maximum absolute atomic E-state index is 12.4. The van der Waals surface area contributed by atoms with Crippen LogP contribution in [0.5, 0.6) is 5.75 Å². The van der Waals surface area contributed by atoms with Gasteiger partial charge < -0.3 is 9.47 Å². The van der Waals surface area contributed by atoms with E-state index in [4.69, 9.17) is 9.47 Å². The normalized spacial score (nSPS) is 11.8. The van der Waals surface area contributed by atoms with Gasteiger partial charge in [0, 0.05) is 7.11 Å². The molecule has 0 spiro atoms. The van der Waals surface area contributed by atoms with Gasteiger partial charge in [0.1, 0.15) is 5.75 Å². The molecule has 3 aromatic rings. The number of aryl methyl sites for hydroxylation is 1. The molecule has 0 aliphatic rings. The Morgan fingerprint density at radius 2 is 1.45 bits per heavy atom. The van der Waals surface area contributed by atoms with Crippen LogP contribution in [0.15, 0.2) is 72.8 Å². The summed E-state index contributed by atoms with van der Waals surface area (Å²) >= 11 is 0. The highest BCUT2D eigenvalue weighted by atomic mass is 16.5. The molecule has 0 N–H and O–H groups in total. The van der Waals surface area contributed by atoms with Crippen molar-refractivity contribution in [3.8, 4) is 16.9 Å². The van der Waals surface area contributed by atoms with Crippen LogP contribution in [0.1, 0.15) is 54.3 Å². The van der Waals surface area contributed by atoms with Crippen LogP contribution in [0.2, 0.25) is 0 Å². The zero-order chi connectivity index (χ0) is 20.6. The van der Waals surface area contributed by atoms with Crippen LogP contribution >= 0.6 is 0 Å². The third kappa shape index (κ3) is 5.55. The molecule has 0 bridgehead atoms. The lowest BCUT2D eigenvalue weighted by atomic mass is 10.0. The van der Waals surface area contributed by atoms with Crippen LogP contribution < -0.4 is 4.74 Å². The van der Waals surface area contributed by atoms with Crippen LogP contribution in [0, 0.1) is 0 Å². The molecule has 3 aromatic carbocycles. The van der Waals surface area contributed by atoms with Gasteiger partial charge in [0.25, 0.3) is 0 Å². The van der Waals surface area contributed by atoms with Gasteiger partial charge in [0.15, 0.2) is 0 Å². The van der Waals surface area contributed by atoms with Gasteiger partial charge in [-0.2, -0.15) is 0 Å². The highest BCUT2D eigenvalue weighted by Gasteiger charge is 2.10. The fourth-order valence-electron chi connectivity index (χ4n) is 3.15. The molecule has 1 unspecified atom stereocenters. The molecule has 0 aromatic heterocycles. The smallest absolute Gasteiger partial charge is 0.343 e. The van der Waals surface area contributed by atoms with Gasteiger partial charge in [-0.1, -0.05) is 61.9 Å². The molecular weight excluding hydrogens is 360 g/mol. The monoisotopic (exact) mass is 388 g/mol. The van der Waals surface area contributed by atoms with Crippen LogP contribution in [0.4, 0.5) is 0 Å². The van der Waals surface area contributed by atoms with Crippen molar-refractivity contribution in [2.24, 2.45) is 0 Å². The molecular formula is C26H28O3. The molecule has 0 heterocycles. The standard InChI is InChI=1S/C26H28O3/c1-4-5-6-20-7-9-22(10-8-20)23-15-17-25(18-16-23)29-26(27)24-13-11-21(12-14-24)19(2)28-3/h7-19H,4-6H2,1-3H3. The maximum atomic E-state index is 12.4. The lowest BCUT2D eigenvalue weighted by molar-refractivity contribution is 0.0734. The third-order valence-corrected chi connectivity index (χ3v) is 5.14. The lowest BCUT2D eigenvalue weighted by Crippen LogP contribution is -2.08. The minimum Gasteiger partial charge on any atom is -0.423 e. The molecule has 0 saturated carbocycles. The Kier molecular flexibility index (Phi) is 7.20. The Morgan fingerprint density at radius 3 is 2.00 bits per heavy atom. The summed E-state index contributed by atoms with van der Waals surface area (Å²) in [6.45, 7) is 4.17. The van der Waals surface area contributed by atoms with E-state index in [2.05, 4.69) is 31.2 Å². The van der Waals surface area contributed by atoms with Crippen molar-refractivity contribution in [2.45, 2.75) is 39.2 Å². The zero-order valence-corrected chi connectivity index (χ0v) is 17.4. The summed E-state index contributed by atoms with van der Waals surface area (Å²) in [5.74, 6) is 0.169. The first-order valence-electron chi connectivity index (χ1n) is 10.1. The van der Waals surface area contributed by atoms with Crippen molar-refractivity contribution in [2.75, 3.05) is 7.11 Å². The molecule has 0 radical (unpaired) electrons. The quantitative estimate of drug-likeness (QED) is 0.321. The summed E-state index contributed by atoms with van der Waals surface area (Å²) < 4.78 is 10.8. The fourth-order valence-corrected chi connectivity index (χ4v) is 3.15. The summed E-state index contributed by atoms with van der Waals surface area (Å²) in [6.07, 6.45) is 3.54. The van der Waals surface area contributed by atoms with Crippen LogP contribution in [-0.4, -0.2) is 13.1 Å². The van der Waals surface area contributed by atoms with Gasteiger partial charge in [0.05, 0.1) is 11.7 Å². The van der Waals surface area contributed by atoms with Gasteiger partial charge in [0.2, 0.25) is 0 Å². The van der Waals surface area contributed by atoms with Gasteiger partial charge in [-0.3, -0.25) is 0 Å². The predicted molar refractivity (Wildman–Crippen MR) is 117 cm³/mol. The SMILES string of the molecule is CCCCc1ccc(-c2ccc(OC(=O)c3ccc(C(C)OC)cc3)cc2)cc1. The van der Waals surface area contributed by atoms with E-state index >= 15 is 0 Å². The van der Waals surface area contributed by atoms with E-state index in [-0.39, 0.29) is 12.1 Å². The Labute approximate surface area is 173 Å². The summed E-state index contributed by atoms with van der Waals surface area (Å²) in [6, 6.07) is 23.6. The van der Waals surface area contributed by atoms with E-state index in [9.17, 15) is 4.79 Å². The highest BCUT2D eigenvalue weighted by Crippen LogP contribution is 2.24. The average Bonchev–Trinajstić information content (AvgIpc) is 2.78. The second kappa shape index (κ2) is 10.0. The van der Waals surface area contributed by atoms with Crippen molar-refractivity contribution in [1.29, 1.82) is 0 Å². The number of esters is 1. The van der Waals surface area contributed by atoms with E-state index in [0.29, 0.717) is 11.3 Å². The predicted octanol–water partition coefficient (Wildman–Crippen LogP) is 6.62. The molecule has 3 nitrogen and oxygen atoms in total. The Morgan fingerprint density at radius 1 is 0.862 bits per heavy atom. The fraction of sp³-hybridized carbons (Fsp3) is 0.269. The van der Waals surface area contributed by atoms with Crippen molar-refractivity contribution in [3.63, 3.8) is 0 Å². The lowest BCUT2D eigenvalue weighted by Gasteiger charge is -2.10. The number of unbranched alkanes of at least 4 members (excludes halogenated alkanes) is 1. The van der Waals surface area contributed by atoms with E-state index in [1.807, 2.05) is 43.3 Å². The number of carbonyl (C=O) groups is 1. The molecule has 150 valence electrons. The first-order chi connectivity index (χ1) is 14.1. The second-order valence-electron chi connectivity index (χ2n) is 7.21. The average molecular weight is 389 g/mol. The van der Waals surface area contributed by atoms with Gasteiger partial charge in [-0.15, -0.1) is 0 Å². The van der Waals surface area contributed by atoms with Gasteiger partial charge in [-0.25, -0.2) is 4.79 Å². The number of benzene rings is 3. The zero-order valence-electron chi connectivity index (χ0n) is 17.4. The van der Waals surface area contributed by atoms with Crippen molar-refractivity contribution >= 4 is 5.97 Å². The summed E-state index contributed by atoms with van der Waals surface area (Å²) in [5, 5.41) is 0. The van der Waals surface area contributed by atoms with E-state index < -0.39 is 0 Å². The molecule has 3 heteroatoms. The molecule has 3 rings (SSSR count). The molecule has 29 heavy (non-hydrogen) atoms. The van der Waals surface area contributed by atoms with Crippen molar-refractivity contribution in [1.82, 2.24) is 0 Å². The number of hydrogen-bond donors (Lipinski definition) is 0. The van der Waals surface area contributed by atoms with E-state index in [1.54, 1.807) is 19.2 Å². The van der Waals surface area contributed by atoms with Crippen LogP contribution in [0.3, 0.4) is 0 Å². The number of carbonyl (C=O) groups excluding carboxylic acids is 1. The molecule has 0 amide bonds. The topological polar surface area (TPSA) is 35.5 Å². The number of ether oxygens (including phenoxy) is 2. The first kappa shape index (κ1) is 20.8. The molecule has 0 aliphatic heterocycles. The third-order valence-electron chi connectivity index (χ3n) is 5.14. The number of hydrogen-bond acceptors (Lipinski definition) is 3. The molecule has 1 atom stereocenters. The van der Waals surface area contributed by atoms with E-state index in [0.717, 1.165) is 23.1 Å². The van der Waals surface area contributed by atoms with Crippen LogP contribution in [-0.2, 0) is 11.2 Å². The minimum absolute atomic E-state index is 0.00618. The number of rotatable bonds is 8. The van der Waals surface area contributed by atoms with Gasteiger partial charge >= 0.3 is 5.97 Å².